The topological polar surface area (TPSA) is 435 Å². The van der Waals surface area contributed by atoms with Gasteiger partial charge in [-0.15, -0.1) is 11.8 Å². The molecule has 3 unspecified atom stereocenters. The normalized spacial score (nSPS) is 23.1. The Morgan fingerprint density at radius 3 is 2.09 bits per heavy atom. The molecule has 6 rings (SSSR count). The van der Waals surface area contributed by atoms with Gasteiger partial charge in [0.1, 0.15) is 23.6 Å². The minimum Gasteiger partial charge on any atom is -0.508 e. The summed E-state index contributed by atoms with van der Waals surface area (Å²) in [7, 11) is 0. The van der Waals surface area contributed by atoms with E-state index in [0.717, 1.165) is 16.7 Å². The van der Waals surface area contributed by atoms with E-state index in [0.29, 0.717) is 34.1 Å². The third-order valence-electron chi connectivity index (χ3n) is 17.6. The van der Waals surface area contributed by atoms with E-state index < -0.39 is 212 Å². The van der Waals surface area contributed by atoms with Crippen LogP contribution in [0.3, 0.4) is 0 Å². The monoisotopic (exact) mass is 1340 g/mol. The average Bonchev–Trinajstić information content (AvgIpc) is 1.67. The molecule has 4 heterocycles. The van der Waals surface area contributed by atoms with Crippen molar-refractivity contribution < 1.29 is 87.5 Å². The summed E-state index contributed by atoms with van der Waals surface area (Å²) in [5.41, 5.74) is 0.822. The molecular weight excluding hydrogens is 1250 g/mol. The first-order chi connectivity index (χ1) is 44.7. The molecular formula is C66H90N10O18S. The van der Waals surface area contributed by atoms with Crippen LogP contribution in [0.15, 0.2) is 47.5 Å². The van der Waals surface area contributed by atoms with Crippen LogP contribution in [0.4, 0.5) is 5.69 Å². The minimum absolute atomic E-state index is 0.138. The second-order valence-corrected chi connectivity index (χ2v) is 27.5. The number of anilines is 1. The van der Waals surface area contributed by atoms with Crippen LogP contribution in [-0.4, -0.2) is 187 Å². The minimum atomic E-state index is -1.67. The largest absolute Gasteiger partial charge is 0.508 e. The molecule has 3 aliphatic heterocycles. The number of H-pyrrole nitrogens is 1. The van der Waals surface area contributed by atoms with Crippen molar-refractivity contribution in [1.82, 2.24) is 47.1 Å². The van der Waals surface area contributed by atoms with Gasteiger partial charge in [-0.1, -0.05) is 80.9 Å². The Kier molecular flexibility index (Phi) is 26.9. The number of carbonyl (C=O) groups is 14. The first-order valence-electron chi connectivity index (χ1n) is 32.0. The number of aliphatic hydroxyl groups excluding tert-OH is 3. The number of ketones is 5. The molecule has 3 aromatic rings. The van der Waals surface area contributed by atoms with Gasteiger partial charge in [-0.05, 0) is 53.6 Å². The zero-order chi connectivity index (χ0) is 70.3. The molecule has 518 valence electrons. The van der Waals surface area contributed by atoms with Crippen molar-refractivity contribution in [1.29, 1.82) is 0 Å². The molecule has 3 aliphatic rings. The standard InChI is InChI=1S/C66H90N10O18S/c1-10-33(4)57-63(93)69-27-54(87)71-45-31-95-64-43(42-16-15-40(78)24-44(42)72-64)20-37(60(90)68-28-55(88)73-57)21-50(83)58(35(6)51(84)30-77)75-61(91)46-25-41(79)29-76(46)65(94)38(22-48(45)81)23-53(86)67-26-36-11-13-39(14-12-36)70-59(89)34(5)19-49(82)56(32(2)3)74-62(92)47(80)17-18-52(85)66(7,8)9/h11-16,24,32-35,37-38,41,45-46,51,56-58,72,77-79,84H,10,17-23,25-31H2,1-9H3,(H,67,86)(H,68,90)(H,69,93)(H,70,89)(H,71,87)(H,73,88)(H,74,92)(H,75,91)/t33-,34+,35-,37+,38-,41?,45?,46-,51-,56?,57-,58-/m0/s1. The number of amides is 9. The number of aromatic hydroxyl groups is 1. The second kappa shape index (κ2) is 33.8. The number of rotatable bonds is 20. The molecule has 0 radical (unpaired) electrons. The predicted molar refractivity (Wildman–Crippen MR) is 346 cm³/mol. The van der Waals surface area contributed by atoms with E-state index in [-0.39, 0.29) is 54.5 Å². The number of carbonyl (C=O) groups excluding carboxylic acids is 14. The van der Waals surface area contributed by atoms with Crippen molar-refractivity contribution in [3.63, 3.8) is 0 Å². The summed E-state index contributed by atoms with van der Waals surface area (Å²) in [6.07, 6.45) is -6.19. The summed E-state index contributed by atoms with van der Waals surface area (Å²) < 4.78 is 0. The number of aliphatic hydroxyl groups is 3. The Morgan fingerprint density at radius 2 is 1.45 bits per heavy atom. The van der Waals surface area contributed by atoms with Gasteiger partial charge in [-0.25, -0.2) is 0 Å². The van der Waals surface area contributed by atoms with E-state index in [9.17, 15) is 78.0 Å². The molecule has 13 N–H and O–H groups in total. The number of fused-ring (bicyclic) bond motifs is 5. The molecule has 0 spiro atoms. The first-order valence-corrected chi connectivity index (χ1v) is 33.0. The Balaban J connectivity index is 1.29. The Bertz CT molecular complexity index is 3400. The highest BCUT2D eigenvalue weighted by atomic mass is 32.2. The van der Waals surface area contributed by atoms with Crippen molar-refractivity contribution in [2.24, 2.45) is 40.9 Å². The molecule has 1 fully saturated rings. The maximum Gasteiger partial charge on any atom is 0.287 e. The quantitative estimate of drug-likeness (QED) is 0.0693. The summed E-state index contributed by atoms with van der Waals surface area (Å²) in [4.78, 5) is 198. The summed E-state index contributed by atoms with van der Waals surface area (Å²) in [6, 6.07) is 3.45. The van der Waals surface area contributed by atoms with Gasteiger partial charge in [0.05, 0.1) is 66.5 Å². The van der Waals surface area contributed by atoms with Crippen molar-refractivity contribution in [3.8, 4) is 5.75 Å². The number of aromatic nitrogens is 1. The third-order valence-corrected chi connectivity index (χ3v) is 18.7. The molecule has 1 saturated heterocycles. The lowest BCUT2D eigenvalue weighted by atomic mass is 9.85. The Morgan fingerprint density at radius 1 is 0.789 bits per heavy atom. The van der Waals surface area contributed by atoms with Crippen LogP contribution in [0.5, 0.6) is 5.75 Å². The zero-order valence-corrected chi connectivity index (χ0v) is 55.8. The number of nitrogens with one attached hydrogen (secondary N) is 9. The van der Waals surface area contributed by atoms with E-state index in [1.54, 1.807) is 66.7 Å². The fourth-order valence-corrected chi connectivity index (χ4v) is 12.6. The van der Waals surface area contributed by atoms with Crippen molar-refractivity contribution >= 4 is 110 Å². The summed E-state index contributed by atoms with van der Waals surface area (Å²) >= 11 is 0.983. The van der Waals surface area contributed by atoms with Crippen LogP contribution in [0, 0.1) is 40.9 Å². The molecule has 28 nitrogen and oxygen atoms in total. The van der Waals surface area contributed by atoms with Gasteiger partial charge in [0.25, 0.3) is 5.91 Å². The smallest absolute Gasteiger partial charge is 0.287 e. The molecule has 2 bridgehead atoms. The SMILES string of the molecule is CC[C@H](C)[C@@H]1NC(=O)CNC(=O)[C@H]2CC(=O)[C@H]([C@@H](C)[C@@H](O)CO)NC(=O)[C@@H]3CC(O)CN3C(=O)[C@H](CC(=O)NCc3ccc(NC(=O)[C@H](C)CC(=O)C(NC(=O)C(=O)CCC(=O)C(C)(C)C)C(C)C)cc3)CC(=O)C(CSc3[nH]c4cc(O)ccc4c3C2)NC(=O)CNC1=O. The molecule has 95 heavy (non-hydrogen) atoms. The van der Waals surface area contributed by atoms with E-state index in [1.807, 2.05) is 0 Å². The van der Waals surface area contributed by atoms with Crippen LogP contribution in [-0.2, 0) is 80.1 Å². The van der Waals surface area contributed by atoms with Gasteiger partial charge in [-0.3, -0.25) is 67.1 Å². The van der Waals surface area contributed by atoms with Crippen molar-refractivity contribution in [3.05, 3.63) is 53.6 Å². The number of hydrogen-bond donors (Lipinski definition) is 13. The fraction of sp³-hybridized carbons (Fsp3) is 0.576. The molecule has 12 atom stereocenters. The Hall–Kier alpha value is -8.41. The molecule has 29 heteroatoms. The maximum absolute atomic E-state index is 15.1. The van der Waals surface area contributed by atoms with Gasteiger partial charge in [-0.2, -0.15) is 0 Å². The summed E-state index contributed by atoms with van der Waals surface area (Å²) in [6.45, 7) is 11.8. The number of phenols is 1. The lowest BCUT2D eigenvalue weighted by Gasteiger charge is -2.32. The highest BCUT2D eigenvalue weighted by Gasteiger charge is 2.45. The molecule has 9 amide bonds. The summed E-state index contributed by atoms with van der Waals surface area (Å²) in [5, 5.41) is 64.4. The van der Waals surface area contributed by atoms with Crippen LogP contribution < -0.4 is 42.5 Å². The van der Waals surface area contributed by atoms with Crippen molar-refractivity contribution in [2.45, 2.75) is 174 Å². The number of nitrogens with zero attached hydrogens (tertiary/aromatic N) is 1. The lowest BCUT2D eigenvalue weighted by molar-refractivity contribution is -0.145. The van der Waals surface area contributed by atoms with Gasteiger partial charge >= 0.3 is 0 Å². The number of benzene rings is 2. The number of aromatic amines is 1. The molecule has 0 saturated carbocycles. The first kappa shape index (κ1) is 75.6. The lowest BCUT2D eigenvalue weighted by Crippen LogP contribution is -2.56. The number of hydrogen-bond acceptors (Lipinski definition) is 19. The van der Waals surface area contributed by atoms with Crippen LogP contribution in [0.25, 0.3) is 10.9 Å². The van der Waals surface area contributed by atoms with Crippen LogP contribution in [0.1, 0.15) is 125 Å². The van der Waals surface area contributed by atoms with Gasteiger partial charge in [0.2, 0.25) is 53.0 Å². The Labute approximate surface area is 554 Å². The summed E-state index contributed by atoms with van der Waals surface area (Å²) in [5.74, 6) is -17.3. The van der Waals surface area contributed by atoms with E-state index in [1.165, 1.54) is 38.1 Å². The van der Waals surface area contributed by atoms with Gasteiger partial charge in [0, 0.05) is 104 Å². The highest BCUT2D eigenvalue weighted by Crippen LogP contribution is 2.36. The average molecular weight is 1340 g/mol. The van der Waals surface area contributed by atoms with Gasteiger partial charge < -0.3 is 72.8 Å². The van der Waals surface area contributed by atoms with Crippen LogP contribution >= 0.6 is 11.8 Å². The zero-order valence-electron chi connectivity index (χ0n) is 55.0. The number of phenolic OH excluding ortho intramolecular Hbond substituents is 1. The van der Waals surface area contributed by atoms with E-state index in [2.05, 4.69) is 47.5 Å². The third kappa shape index (κ3) is 20.8. The number of Topliss-reactive ketones (excluding diaryl/α,β-unsaturated/α-hetero) is 5. The van der Waals surface area contributed by atoms with Gasteiger partial charge in [0.15, 0.2) is 17.3 Å². The predicted octanol–water partition coefficient (Wildman–Crippen LogP) is 0.716. The van der Waals surface area contributed by atoms with Crippen molar-refractivity contribution in [2.75, 3.05) is 37.3 Å². The molecule has 1 aromatic heterocycles. The van der Waals surface area contributed by atoms with Crippen LogP contribution in [0.2, 0.25) is 0 Å². The second-order valence-electron chi connectivity index (χ2n) is 26.4. The van der Waals surface area contributed by atoms with E-state index >= 15 is 9.59 Å². The fourth-order valence-electron chi connectivity index (χ4n) is 11.4. The molecule has 0 aliphatic carbocycles. The molecule has 2 aromatic carbocycles. The number of thioether (sulfide) groups is 1. The van der Waals surface area contributed by atoms with E-state index in [4.69, 9.17) is 0 Å². The maximum atomic E-state index is 15.1. The highest BCUT2D eigenvalue weighted by molar-refractivity contribution is 7.99.